The first-order valence-corrected chi connectivity index (χ1v) is 10.9. The number of hydrogen-bond acceptors (Lipinski definition) is 0. The van der Waals surface area contributed by atoms with Gasteiger partial charge in [-0.25, -0.2) is 0 Å². The van der Waals surface area contributed by atoms with Crippen molar-refractivity contribution in [2.75, 3.05) is 0 Å². The molecule has 0 aliphatic rings. The molecular formula is C26H14Br2. The molecule has 2 heteroatoms. The fraction of sp³-hybridized carbons (Fsp3) is 0. The number of halogens is 2. The monoisotopic (exact) mass is 484 g/mol. The van der Waals surface area contributed by atoms with Crippen molar-refractivity contribution >= 4 is 85.7 Å². The maximum Gasteiger partial charge on any atom is 0.0402 e. The minimum Gasteiger partial charge on any atom is -0.0616 e. The molecule has 6 aromatic carbocycles. The highest BCUT2D eigenvalue weighted by molar-refractivity contribution is 9.13. The maximum absolute atomic E-state index is 3.89. The molecule has 0 N–H and O–H groups in total. The minimum atomic E-state index is 1.08. The van der Waals surface area contributed by atoms with Crippen molar-refractivity contribution in [2.24, 2.45) is 0 Å². The third-order valence-electron chi connectivity index (χ3n) is 5.76. The predicted octanol–water partition coefficient (Wildman–Crippen LogP) is 8.98. The Labute approximate surface area is 179 Å². The Hall–Kier alpha value is -2.42. The topological polar surface area (TPSA) is 0 Å². The van der Waals surface area contributed by atoms with Gasteiger partial charge < -0.3 is 0 Å². The van der Waals surface area contributed by atoms with E-state index in [-0.39, 0.29) is 0 Å². The van der Waals surface area contributed by atoms with E-state index in [4.69, 9.17) is 0 Å². The van der Waals surface area contributed by atoms with Gasteiger partial charge in [-0.3, -0.25) is 0 Å². The van der Waals surface area contributed by atoms with Crippen molar-refractivity contribution in [1.29, 1.82) is 0 Å². The summed E-state index contributed by atoms with van der Waals surface area (Å²) in [4.78, 5) is 0. The summed E-state index contributed by atoms with van der Waals surface area (Å²) < 4.78 is 2.19. The van der Waals surface area contributed by atoms with Crippen LogP contribution in [0.4, 0.5) is 0 Å². The smallest absolute Gasteiger partial charge is 0.0402 e. The number of fused-ring (bicyclic) bond motifs is 11. The Balaban J connectivity index is 2.15. The van der Waals surface area contributed by atoms with Crippen LogP contribution in [0, 0.1) is 0 Å². The van der Waals surface area contributed by atoms with E-state index in [1.54, 1.807) is 0 Å². The maximum atomic E-state index is 3.89. The molecule has 0 amide bonds. The van der Waals surface area contributed by atoms with E-state index in [9.17, 15) is 0 Å². The van der Waals surface area contributed by atoms with Crippen LogP contribution in [0.15, 0.2) is 93.9 Å². The number of hydrogen-bond donors (Lipinski definition) is 0. The third-order valence-corrected chi connectivity index (χ3v) is 7.78. The van der Waals surface area contributed by atoms with E-state index in [0.717, 1.165) is 8.95 Å². The van der Waals surface area contributed by atoms with Gasteiger partial charge in [-0.2, -0.15) is 0 Å². The summed E-state index contributed by atoms with van der Waals surface area (Å²) in [6.07, 6.45) is 0. The molecule has 0 spiro atoms. The molecule has 0 heterocycles. The molecule has 0 aliphatic carbocycles. The van der Waals surface area contributed by atoms with Crippen LogP contribution in [-0.2, 0) is 0 Å². The molecule has 0 bridgehead atoms. The summed E-state index contributed by atoms with van der Waals surface area (Å²) in [5.74, 6) is 0. The second-order valence-electron chi connectivity index (χ2n) is 7.17. The lowest BCUT2D eigenvalue weighted by atomic mass is 9.87. The molecule has 0 aromatic heterocycles. The lowest BCUT2D eigenvalue weighted by Gasteiger charge is -2.17. The van der Waals surface area contributed by atoms with E-state index < -0.39 is 0 Å². The standard InChI is InChI=1S/C26H14Br2/c27-22-14-13-21-17-9-3-5-11-19(17)23-18-10-4-1-7-15(18)16-8-2-6-12-20(16)24(23)25(21)26(22)28/h1-14H. The van der Waals surface area contributed by atoms with Gasteiger partial charge in [-0.05, 0) is 86.4 Å². The molecule has 0 saturated heterocycles. The van der Waals surface area contributed by atoms with Gasteiger partial charge in [0.25, 0.3) is 0 Å². The Kier molecular flexibility index (Phi) is 3.56. The van der Waals surface area contributed by atoms with Gasteiger partial charge >= 0.3 is 0 Å². The van der Waals surface area contributed by atoms with E-state index in [1.807, 2.05) is 0 Å². The fourth-order valence-electron chi connectivity index (χ4n) is 4.64. The molecule has 0 unspecified atom stereocenters. The highest BCUT2D eigenvalue weighted by Crippen LogP contribution is 2.46. The summed E-state index contributed by atoms with van der Waals surface area (Å²) in [5, 5.41) is 13.0. The Morgan fingerprint density at radius 3 is 1.29 bits per heavy atom. The molecule has 0 nitrogen and oxygen atoms in total. The first-order valence-electron chi connectivity index (χ1n) is 9.27. The van der Waals surface area contributed by atoms with E-state index in [2.05, 4.69) is 117 Å². The van der Waals surface area contributed by atoms with Crippen molar-refractivity contribution in [3.05, 3.63) is 93.9 Å². The summed E-state index contributed by atoms with van der Waals surface area (Å²) >= 11 is 7.62. The molecular weight excluding hydrogens is 472 g/mol. The average molecular weight is 486 g/mol. The highest BCUT2D eigenvalue weighted by atomic mass is 79.9. The lowest BCUT2D eigenvalue weighted by Crippen LogP contribution is -1.89. The lowest BCUT2D eigenvalue weighted by molar-refractivity contribution is 1.69. The van der Waals surface area contributed by atoms with E-state index >= 15 is 0 Å². The van der Waals surface area contributed by atoms with Crippen molar-refractivity contribution < 1.29 is 0 Å². The van der Waals surface area contributed by atoms with Crippen LogP contribution >= 0.6 is 31.9 Å². The second-order valence-corrected chi connectivity index (χ2v) is 8.82. The Bertz CT molecular complexity index is 1560. The van der Waals surface area contributed by atoms with E-state index in [1.165, 1.54) is 53.9 Å². The van der Waals surface area contributed by atoms with Crippen molar-refractivity contribution in [2.45, 2.75) is 0 Å². The highest BCUT2D eigenvalue weighted by Gasteiger charge is 2.17. The van der Waals surface area contributed by atoms with Crippen molar-refractivity contribution in [3.8, 4) is 0 Å². The third kappa shape index (κ3) is 2.10. The molecule has 0 radical (unpaired) electrons. The van der Waals surface area contributed by atoms with Crippen LogP contribution in [0.5, 0.6) is 0 Å². The SMILES string of the molecule is Brc1ccc2c3ccccc3c3c4ccccc4c4ccccc4c3c2c1Br. The largest absolute Gasteiger partial charge is 0.0616 e. The van der Waals surface area contributed by atoms with Gasteiger partial charge in [0.05, 0.1) is 0 Å². The van der Waals surface area contributed by atoms with Crippen LogP contribution in [0.25, 0.3) is 53.9 Å². The first kappa shape index (κ1) is 16.5. The van der Waals surface area contributed by atoms with Crippen LogP contribution < -0.4 is 0 Å². The summed E-state index contributed by atoms with van der Waals surface area (Å²) in [7, 11) is 0. The zero-order valence-corrected chi connectivity index (χ0v) is 18.0. The summed E-state index contributed by atoms with van der Waals surface area (Å²) in [6, 6.07) is 30.7. The van der Waals surface area contributed by atoms with Gasteiger partial charge in [-0.1, -0.05) is 78.9 Å². The summed E-state index contributed by atoms with van der Waals surface area (Å²) in [6.45, 7) is 0. The van der Waals surface area contributed by atoms with Gasteiger partial charge in [0, 0.05) is 14.3 Å². The minimum absolute atomic E-state index is 1.08. The van der Waals surface area contributed by atoms with Gasteiger partial charge in [-0.15, -0.1) is 0 Å². The second kappa shape index (κ2) is 6.04. The molecule has 0 saturated carbocycles. The molecule has 28 heavy (non-hydrogen) atoms. The predicted molar refractivity (Wildman–Crippen MR) is 129 cm³/mol. The first-order chi connectivity index (χ1) is 13.8. The molecule has 132 valence electrons. The zero-order valence-electron chi connectivity index (χ0n) is 14.8. The summed E-state index contributed by atoms with van der Waals surface area (Å²) in [5.41, 5.74) is 0. The molecule has 6 aromatic rings. The van der Waals surface area contributed by atoms with Gasteiger partial charge in [0.2, 0.25) is 0 Å². The Morgan fingerprint density at radius 1 is 0.357 bits per heavy atom. The molecule has 6 rings (SSSR count). The van der Waals surface area contributed by atoms with Crippen LogP contribution in [0.1, 0.15) is 0 Å². The number of benzene rings is 6. The fourth-order valence-corrected chi connectivity index (χ4v) is 5.51. The van der Waals surface area contributed by atoms with Crippen LogP contribution in [-0.4, -0.2) is 0 Å². The normalized spacial score (nSPS) is 11.9. The van der Waals surface area contributed by atoms with Crippen molar-refractivity contribution in [3.63, 3.8) is 0 Å². The quantitative estimate of drug-likeness (QED) is 0.188. The average Bonchev–Trinajstić information content (AvgIpc) is 2.75. The van der Waals surface area contributed by atoms with Crippen LogP contribution in [0.2, 0.25) is 0 Å². The molecule has 0 fully saturated rings. The zero-order chi connectivity index (χ0) is 18.8. The molecule has 0 atom stereocenters. The number of rotatable bonds is 0. The van der Waals surface area contributed by atoms with Gasteiger partial charge in [0.1, 0.15) is 0 Å². The Morgan fingerprint density at radius 2 is 0.750 bits per heavy atom. The van der Waals surface area contributed by atoms with Gasteiger partial charge in [0.15, 0.2) is 0 Å². The molecule has 0 aliphatic heterocycles. The van der Waals surface area contributed by atoms with E-state index in [0.29, 0.717) is 0 Å². The van der Waals surface area contributed by atoms with Crippen LogP contribution in [0.3, 0.4) is 0 Å². The van der Waals surface area contributed by atoms with Crippen molar-refractivity contribution in [1.82, 2.24) is 0 Å².